The highest BCUT2D eigenvalue weighted by molar-refractivity contribution is 5.66. The van der Waals surface area contributed by atoms with Crippen molar-refractivity contribution in [2.24, 2.45) is 0 Å². The van der Waals surface area contributed by atoms with Crippen LogP contribution in [-0.4, -0.2) is 14.4 Å². The molecule has 2 aromatic heterocycles. The van der Waals surface area contributed by atoms with Gasteiger partial charge in [0.1, 0.15) is 0 Å². The zero-order chi connectivity index (χ0) is 11.8. The summed E-state index contributed by atoms with van der Waals surface area (Å²) in [6, 6.07) is 8.43. The van der Waals surface area contributed by atoms with Gasteiger partial charge in [-0.15, -0.1) is 0 Å². The first-order valence-corrected chi connectivity index (χ1v) is 5.61. The summed E-state index contributed by atoms with van der Waals surface area (Å²) in [7, 11) is 0. The molecule has 0 amide bonds. The zero-order valence-corrected chi connectivity index (χ0v) is 9.88. The van der Waals surface area contributed by atoms with Crippen LogP contribution in [0.1, 0.15) is 11.3 Å². The molecule has 0 radical (unpaired) electrons. The molecule has 3 aromatic rings. The van der Waals surface area contributed by atoms with Crippen LogP contribution in [0.4, 0.5) is 0 Å². The molecule has 0 aliphatic rings. The van der Waals surface area contributed by atoms with Gasteiger partial charge in [-0.2, -0.15) is 0 Å². The second kappa shape index (κ2) is 3.70. The smallest absolute Gasteiger partial charge is 0.156 e. The van der Waals surface area contributed by atoms with Crippen molar-refractivity contribution in [3.05, 3.63) is 54.1 Å². The minimum atomic E-state index is 0.889. The summed E-state index contributed by atoms with van der Waals surface area (Å²) in [6.07, 6.45) is 5.50. The number of fused-ring (bicyclic) bond motifs is 1. The second-order valence-corrected chi connectivity index (χ2v) is 4.22. The van der Waals surface area contributed by atoms with E-state index in [4.69, 9.17) is 0 Å². The number of benzene rings is 1. The van der Waals surface area contributed by atoms with Crippen molar-refractivity contribution < 1.29 is 0 Å². The highest BCUT2D eigenvalue weighted by Crippen LogP contribution is 2.23. The lowest BCUT2D eigenvalue weighted by Crippen LogP contribution is -1.87. The fourth-order valence-corrected chi connectivity index (χ4v) is 2.01. The summed E-state index contributed by atoms with van der Waals surface area (Å²) in [6.45, 7) is 4.17. The highest BCUT2D eigenvalue weighted by atomic mass is 15.0. The van der Waals surface area contributed by atoms with E-state index in [1.807, 2.05) is 6.20 Å². The molecule has 0 N–H and O–H groups in total. The fraction of sp³-hybridized carbons (Fsp3) is 0.143. The van der Waals surface area contributed by atoms with Crippen molar-refractivity contribution >= 4 is 5.65 Å². The summed E-state index contributed by atoms with van der Waals surface area (Å²) >= 11 is 0. The Morgan fingerprint density at radius 1 is 1.06 bits per heavy atom. The van der Waals surface area contributed by atoms with Crippen LogP contribution in [0.2, 0.25) is 0 Å². The third-order valence-electron chi connectivity index (χ3n) is 2.99. The molecular formula is C14H13N3. The predicted octanol–water partition coefficient (Wildman–Crippen LogP) is 3.01. The van der Waals surface area contributed by atoms with Gasteiger partial charge in [-0.1, -0.05) is 29.8 Å². The monoisotopic (exact) mass is 223 g/mol. The predicted molar refractivity (Wildman–Crippen MR) is 67.9 cm³/mol. The summed E-state index contributed by atoms with van der Waals surface area (Å²) < 4.78 is 2.06. The van der Waals surface area contributed by atoms with Gasteiger partial charge in [0.2, 0.25) is 0 Å². The molecule has 0 atom stereocenters. The summed E-state index contributed by atoms with van der Waals surface area (Å²) in [5, 5.41) is 0. The van der Waals surface area contributed by atoms with Crippen LogP contribution in [0.15, 0.2) is 42.9 Å². The van der Waals surface area contributed by atoms with Gasteiger partial charge in [-0.05, 0) is 13.8 Å². The van der Waals surface area contributed by atoms with Crippen LogP contribution in [0, 0.1) is 13.8 Å². The molecule has 84 valence electrons. The van der Waals surface area contributed by atoms with Gasteiger partial charge in [0, 0.05) is 23.7 Å². The first kappa shape index (κ1) is 10.0. The maximum absolute atomic E-state index is 4.61. The van der Waals surface area contributed by atoms with E-state index in [1.165, 1.54) is 5.56 Å². The molecule has 3 heteroatoms. The van der Waals surface area contributed by atoms with Crippen LogP contribution in [0.5, 0.6) is 0 Å². The van der Waals surface area contributed by atoms with E-state index in [1.54, 1.807) is 12.4 Å². The topological polar surface area (TPSA) is 30.2 Å². The third-order valence-corrected chi connectivity index (χ3v) is 2.99. The summed E-state index contributed by atoms with van der Waals surface area (Å²) in [5.41, 5.74) is 5.47. The maximum Gasteiger partial charge on any atom is 0.156 e. The number of nitrogens with zero attached hydrogens (tertiary/aromatic N) is 3. The number of hydrogen-bond acceptors (Lipinski definition) is 2. The average Bonchev–Trinajstić information content (AvgIpc) is 2.69. The largest absolute Gasteiger partial charge is 0.301 e. The Morgan fingerprint density at radius 2 is 1.82 bits per heavy atom. The first-order valence-electron chi connectivity index (χ1n) is 5.61. The van der Waals surface area contributed by atoms with E-state index in [0.29, 0.717) is 0 Å². The second-order valence-electron chi connectivity index (χ2n) is 4.22. The average molecular weight is 223 g/mol. The number of aryl methyl sites for hydroxylation is 2. The molecule has 2 heterocycles. The lowest BCUT2D eigenvalue weighted by molar-refractivity contribution is 1.08. The molecule has 17 heavy (non-hydrogen) atoms. The summed E-state index contributed by atoms with van der Waals surface area (Å²) in [5.74, 6) is 0. The fourth-order valence-electron chi connectivity index (χ4n) is 2.01. The summed E-state index contributed by atoms with van der Waals surface area (Å²) in [4.78, 5) is 8.70. The van der Waals surface area contributed by atoms with Gasteiger partial charge in [0.25, 0.3) is 0 Å². The minimum absolute atomic E-state index is 0.889. The number of rotatable bonds is 1. The molecule has 3 rings (SSSR count). The van der Waals surface area contributed by atoms with Gasteiger partial charge < -0.3 is 4.40 Å². The van der Waals surface area contributed by atoms with Crippen molar-refractivity contribution in [3.63, 3.8) is 0 Å². The van der Waals surface area contributed by atoms with Crippen molar-refractivity contribution in [3.8, 4) is 11.3 Å². The van der Waals surface area contributed by atoms with E-state index in [0.717, 1.165) is 22.6 Å². The Balaban J connectivity index is 2.24. The van der Waals surface area contributed by atoms with Crippen molar-refractivity contribution in [2.75, 3.05) is 0 Å². The Morgan fingerprint density at radius 3 is 2.53 bits per heavy atom. The molecule has 0 bridgehead atoms. The Labute approximate surface area is 99.8 Å². The van der Waals surface area contributed by atoms with Crippen LogP contribution >= 0.6 is 0 Å². The highest BCUT2D eigenvalue weighted by Gasteiger charge is 2.09. The van der Waals surface area contributed by atoms with Gasteiger partial charge in [-0.25, -0.2) is 4.98 Å². The molecule has 0 aliphatic carbocycles. The van der Waals surface area contributed by atoms with Gasteiger partial charge >= 0.3 is 0 Å². The van der Waals surface area contributed by atoms with E-state index in [9.17, 15) is 0 Å². The van der Waals surface area contributed by atoms with Crippen molar-refractivity contribution in [2.45, 2.75) is 13.8 Å². The molecule has 0 saturated heterocycles. The van der Waals surface area contributed by atoms with Crippen molar-refractivity contribution in [1.29, 1.82) is 0 Å². The molecular weight excluding hydrogens is 210 g/mol. The number of aromatic nitrogens is 3. The Kier molecular flexibility index (Phi) is 2.18. The molecule has 1 aromatic carbocycles. The van der Waals surface area contributed by atoms with E-state index in [-0.39, 0.29) is 0 Å². The van der Waals surface area contributed by atoms with E-state index in [2.05, 4.69) is 52.5 Å². The third kappa shape index (κ3) is 1.60. The van der Waals surface area contributed by atoms with Gasteiger partial charge in [0.15, 0.2) is 5.65 Å². The van der Waals surface area contributed by atoms with E-state index >= 15 is 0 Å². The SMILES string of the molecule is Cc1ccc(-c2nc3cnccn3c2C)cc1. The molecule has 0 unspecified atom stereocenters. The Bertz CT molecular complexity index is 666. The Hall–Kier alpha value is -2.16. The maximum atomic E-state index is 4.61. The lowest BCUT2D eigenvalue weighted by Gasteiger charge is -1.99. The van der Waals surface area contributed by atoms with Crippen LogP contribution in [-0.2, 0) is 0 Å². The molecule has 0 fully saturated rings. The standard InChI is InChI=1S/C14H13N3/c1-10-3-5-12(6-4-10)14-11(2)17-8-7-15-9-13(17)16-14/h3-9H,1-2H3. The van der Waals surface area contributed by atoms with Crippen LogP contribution in [0.25, 0.3) is 16.9 Å². The van der Waals surface area contributed by atoms with Crippen molar-refractivity contribution in [1.82, 2.24) is 14.4 Å². The zero-order valence-electron chi connectivity index (χ0n) is 9.88. The first-order chi connectivity index (χ1) is 8.25. The normalized spacial score (nSPS) is 10.9. The molecule has 3 nitrogen and oxygen atoms in total. The van der Waals surface area contributed by atoms with Crippen LogP contribution in [0.3, 0.4) is 0 Å². The number of hydrogen-bond donors (Lipinski definition) is 0. The van der Waals surface area contributed by atoms with Gasteiger partial charge in [0.05, 0.1) is 11.9 Å². The van der Waals surface area contributed by atoms with Gasteiger partial charge in [-0.3, -0.25) is 4.98 Å². The minimum Gasteiger partial charge on any atom is -0.301 e. The molecule has 0 saturated carbocycles. The quantitative estimate of drug-likeness (QED) is 0.634. The van der Waals surface area contributed by atoms with Crippen LogP contribution < -0.4 is 0 Å². The number of imidazole rings is 1. The van der Waals surface area contributed by atoms with E-state index < -0.39 is 0 Å². The molecule has 0 spiro atoms. The molecule has 0 aliphatic heterocycles. The lowest BCUT2D eigenvalue weighted by atomic mass is 10.1.